The highest BCUT2D eigenvalue weighted by Gasteiger charge is 2.32. The molecule has 0 spiro atoms. The minimum absolute atomic E-state index is 0.131. The Hall–Kier alpha value is -3.28. The zero-order valence-electron chi connectivity index (χ0n) is 15.2. The van der Waals surface area contributed by atoms with Crippen LogP contribution in [0.15, 0.2) is 42.5 Å². The second-order valence-corrected chi connectivity index (χ2v) is 7.07. The number of rotatable bonds is 4. The summed E-state index contributed by atoms with van der Waals surface area (Å²) in [5.74, 6) is -1.60. The van der Waals surface area contributed by atoms with Gasteiger partial charge in [-0.1, -0.05) is 49.2 Å². The zero-order chi connectivity index (χ0) is 19.7. The van der Waals surface area contributed by atoms with E-state index in [0.717, 1.165) is 25.7 Å². The lowest BCUT2D eigenvalue weighted by atomic mass is 9.83. The van der Waals surface area contributed by atoms with E-state index in [0.29, 0.717) is 11.1 Å². The molecule has 6 heteroatoms. The maximum absolute atomic E-state index is 12.9. The van der Waals surface area contributed by atoms with Crippen LogP contribution >= 0.6 is 0 Å². The van der Waals surface area contributed by atoms with Gasteiger partial charge in [-0.3, -0.25) is 19.2 Å². The van der Waals surface area contributed by atoms with Gasteiger partial charge in [0, 0.05) is 16.7 Å². The van der Waals surface area contributed by atoms with Gasteiger partial charge in [-0.2, -0.15) is 0 Å². The van der Waals surface area contributed by atoms with Gasteiger partial charge < -0.3 is 10.1 Å². The van der Waals surface area contributed by atoms with Crippen molar-refractivity contribution in [3.05, 3.63) is 64.7 Å². The molecular weight excluding hydrogens is 358 g/mol. The van der Waals surface area contributed by atoms with E-state index in [2.05, 4.69) is 5.32 Å². The van der Waals surface area contributed by atoms with Crippen molar-refractivity contribution < 1.29 is 23.9 Å². The normalized spacial score (nSPS) is 15.7. The van der Waals surface area contributed by atoms with Crippen LogP contribution in [0.3, 0.4) is 0 Å². The number of carbonyl (C=O) groups excluding carboxylic acids is 4. The summed E-state index contributed by atoms with van der Waals surface area (Å²) in [6.07, 6.45) is 3.59. The first-order valence-electron chi connectivity index (χ1n) is 9.34. The number of carbonyl (C=O) groups is 4. The minimum Gasteiger partial charge on any atom is -0.455 e. The van der Waals surface area contributed by atoms with E-state index >= 15 is 0 Å². The predicted molar refractivity (Wildman–Crippen MR) is 101 cm³/mol. The van der Waals surface area contributed by atoms with E-state index in [1.807, 2.05) is 0 Å². The number of hydrogen-bond acceptors (Lipinski definition) is 5. The van der Waals surface area contributed by atoms with E-state index in [9.17, 15) is 19.2 Å². The van der Waals surface area contributed by atoms with Crippen LogP contribution in [0.5, 0.6) is 0 Å². The lowest BCUT2D eigenvalue weighted by molar-refractivity contribution is -0.151. The molecule has 2 aliphatic carbocycles. The number of fused-ring (bicyclic) bond motifs is 2. The quantitative estimate of drug-likeness (QED) is 0.706. The highest BCUT2D eigenvalue weighted by atomic mass is 16.5. The summed E-state index contributed by atoms with van der Waals surface area (Å²) in [7, 11) is 0. The molecule has 2 aliphatic rings. The fourth-order valence-electron chi connectivity index (χ4n) is 3.85. The van der Waals surface area contributed by atoms with Gasteiger partial charge >= 0.3 is 5.97 Å². The van der Waals surface area contributed by atoms with Crippen molar-refractivity contribution in [3.63, 3.8) is 0 Å². The summed E-state index contributed by atoms with van der Waals surface area (Å²) < 4.78 is 5.11. The maximum atomic E-state index is 12.9. The van der Waals surface area contributed by atoms with Crippen molar-refractivity contribution >= 4 is 29.1 Å². The van der Waals surface area contributed by atoms with Crippen molar-refractivity contribution in [2.45, 2.75) is 25.7 Å². The summed E-state index contributed by atoms with van der Waals surface area (Å²) >= 11 is 0. The van der Waals surface area contributed by atoms with Crippen LogP contribution in [0.4, 0.5) is 5.69 Å². The molecule has 0 bridgehead atoms. The largest absolute Gasteiger partial charge is 0.455 e. The molecule has 2 aromatic rings. The van der Waals surface area contributed by atoms with Gasteiger partial charge in [0.25, 0.3) is 5.91 Å². The first-order chi connectivity index (χ1) is 13.6. The third-order valence-electron chi connectivity index (χ3n) is 5.26. The van der Waals surface area contributed by atoms with Gasteiger partial charge in [0.2, 0.25) is 0 Å². The van der Waals surface area contributed by atoms with E-state index in [1.165, 1.54) is 0 Å². The van der Waals surface area contributed by atoms with Crippen LogP contribution in [0.2, 0.25) is 0 Å². The lowest BCUT2D eigenvalue weighted by Crippen LogP contribution is -2.27. The Morgan fingerprint density at radius 1 is 0.893 bits per heavy atom. The third-order valence-corrected chi connectivity index (χ3v) is 5.26. The van der Waals surface area contributed by atoms with Crippen LogP contribution in [0.1, 0.15) is 57.5 Å². The van der Waals surface area contributed by atoms with Crippen LogP contribution < -0.4 is 5.32 Å². The van der Waals surface area contributed by atoms with Gasteiger partial charge in [-0.25, -0.2) is 0 Å². The SMILES string of the molecule is O=C(COC(=O)C1CCCC1)Nc1cccc2c1C(=O)c1ccccc1C2=O. The fourth-order valence-corrected chi connectivity index (χ4v) is 3.85. The van der Waals surface area contributed by atoms with Gasteiger partial charge in [-0.15, -0.1) is 0 Å². The number of anilines is 1. The van der Waals surface area contributed by atoms with Gasteiger partial charge in [0.05, 0.1) is 17.2 Å². The molecule has 0 saturated heterocycles. The van der Waals surface area contributed by atoms with Gasteiger partial charge in [0.15, 0.2) is 18.2 Å². The standard InChI is InChI=1S/C22H19NO5/c24-18(12-28-22(27)13-6-1-2-7-13)23-17-11-5-10-16-19(17)21(26)15-9-4-3-8-14(15)20(16)25/h3-5,8-11,13H,1-2,6-7,12H2,(H,23,24). The molecule has 0 unspecified atom stereocenters. The molecule has 0 atom stereocenters. The van der Waals surface area contributed by atoms with Crippen molar-refractivity contribution in [1.82, 2.24) is 0 Å². The maximum Gasteiger partial charge on any atom is 0.309 e. The molecule has 28 heavy (non-hydrogen) atoms. The second kappa shape index (κ2) is 7.38. The Morgan fingerprint density at radius 2 is 1.54 bits per heavy atom. The number of nitrogens with one attached hydrogen (secondary N) is 1. The summed E-state index contributed by atoms with van der Waals surface area (Å²) in [6, 6.07) is 11.4. The highest BCUT2D eigenvalue weighted by molar-refractivity contribution is 6.30. The summed E-state index contributed by atoms with van der Waals surface area (Å²) in [4.78, 5) is 49.9. The smallest absolute Gasteiger partial charge is 0.309 e. The molecule has 0 radical (unpaired) electrons. The van der Waals surface area contributed by atoms with Crippen LogP contribution in [-0.4, -0.2) is 30.0 Å². The molecule has 0 aliphatic heterocycles. The first kappa shape index (κ1) is 18.1. The monoisotopic (exact) mass is 377 g/mol. The molecule has 6 nitrogen and oxygen atoms in total. The number of ether oxygens (including phenoxy) is 1. The second-order valence-electron chi connectivity index (χ2n) is 7.07. The molecule has 4 rings (SSSR count). The zero-order valence-corrected chi connectivity index (χ0v) is 15.2. The van der Waals surface area contributed by atoms with E-state index in [4.69, 9.17) is 4.74 Å². The van der Waals surface area contributed by atoms with Crippen molar-refractivity contribution in [2.75, 3.05) is 11.9 Å². The molecule has 1 fully saturated rings. The predicted octanol–water partition coefficient (Wildman–Crippen LogP) is 3.13. The highest BCUT2D eigenvalue weighted by Crippen LogP contribution is 2.32. The number of esters is 1. The number of hydrogen-bond donors (Lipinski definition) is 1. The number of ketones is 2. The summed E-state index contributed by atoms with van der Waals surface area (Å²) in [5.41, 5.74) is 1.33. The molecular formula is C22H19NO5. The summed E-state index contributed by atoms with van der Waals surface area (Å²) in [6.45, 7) is -0.419. The topological polar surface area (TPSA) is 89.5 Å². The van der Waals surface area contributed by atoms with Crippen molar-refractivity contribution in [3.8, 4) is 0 Å². The van der Waals surface area contributed by atoms with Crippen LogP contribution in [0.25, 0.3) is 0 Å². The molecule has 1 amide bonds. The van der Waals surface area contributed by atoms with Gasteiger partial charge in [0.1, 0.15) is 0 Å². The molecule has 2 aromatic carbocycles. The van der Waals surface area contributed by atoms with Crippen molar-refractivity contribution in [2.24, 2.45) is 5.92 Å². The third kappa shape index (κ3) is 3.22. The minimum atomic E-state index is -0.543. The van der Waals surface area contributed by atoms with Crippen LogP contribution in [0, 0.1) is 5.92 Å². The molecule has 0 heterocycles. The van der Waals surface area contributed by atoms with Crippen LogP contribution in [-0.2, 0) is 14.3 Å². The average molecular weight is 377 g/mol. The molecule has 142 valence electrons. The fraction of sp³-hybridized carbons (Fsp3) is 0.273. The molecule has 0 aromatic heterocycles. The molecule has 1 N–H and O–H groups in total. The lowest BCUT2D eigenvalue weighted by Gasteiger charge is -2.20. The Kier molecular flexibility index (Phi) is 4.77. The Bertz CT molecular complexity index is 988. The van der Waals surface area contributed by atoms with E-state index in [1.54, 1.807) is 42.5 Å². The number of amides is 1. The number of benzene rings is 2. The van der Waals surface area contributed by atoms with E-state index in [-0.39, 0.29) is 40.3 Å². The molecule has 1 saturated carbocycles. The van der Waals surface area contributed by atoms with E-state index < -0.39 is 12.5 Å². The Balaban J connectivity index is 1.52. The summed E-state index contributed by atoms with van der Waals surface area (Å²) in [5, 5.41) is 2.61. The van der Waals surface area contributed by atoms with Gasteiger partial charge in [-0.05, 0) is 18.9 Å². The Morgan fingerprint density at radius 3 is 2.25 bits per heavy atom. The average Bonchev–Trinajstić information content (AvgIpc) is 3.25. The Labute approximate surface area is 161 Å². The first-order valence-corrected chi connectivity index (χ1v) is 9.34. The van der Waals surface area contributed by atoms with Crippen molar-refractivity contribution in [1.29, 1.82) is 0 Å².